The van der Waals surface area contributed by atoms with Gasteiger partial charge in [0.25, 0.3) is 11.8 Å². The van der Waals surface area contributed by atoms with E-state index in [2.05, 4.69) is 5.32 Å². The Balaban J connectivity index is 1.27. The van der Waals surface area contributed by atoms with E-state index in [0.717, 1.165) is 12.3 Å². The van der Waals surface area contributed by atoms with Gasteiger partial charge in [0.05, 0.1) is 11.1 Å². The van der Waals surface area contributed by atoms with E-state index in [1.165, 1.54) is 24.2 Å². The fourth-order valence-corrected chi connectivity index (χ4v) is 4.54. The van der Waals surface area contributed by atoms with Crippen LogP contribution >= 0.6 is 0 Å². The smallest absolute Gasteiger partial charge is 0.261 e. The van der Waals surface area contributed by atoms with Crippen LogP contribution in [0.3, 0.4) is 0 Å². The van der Waals surface area contributed by atoms with Crippen molar-refractivity contribution in [2.24, 2.45) is 11.8 Å². The quantitative estimate of drug-likeness (QED) is 0.845. The topological polar surface area (TPSA) is 66.5 Å². The summed E-state index contributed by atoms with van der Waals surface area (Å²) < 4.78 is 0. The van der Waals surface area contributed by atoms with Crippen molar-refractivity contribution in [3.8, 4) is 0 Å². The lowest BCUT2D eigenvalue weighted by Crippen LogP contribution is -2.39. The highest BCUT2D eigenvalue weighted by molar-refractivity contribution is 6.21. The third kappa shape index (κ3) is 2.62. The van der Waals surface area contributed by atoms with E-state index in [1.807, 2.05) is 0 Å². The van der Waals surface area contributed by atoms with Crippen LogP contribution in [0.1, 0.15) is 59.2 Å². The highest BCUT2D eigenvalue weighted by Gasteiger charge is 2.40. The van der Waals surface area contributed by atoms with Gasteiger partial charge in [0.1, 0.15) is 0 Å². The molecule has 4 rings (SSSR count). The van der Waals surface area contributed by atoms with Gasteiger partial charge in [0.15, 0.2) is 0 Å². The molecule has 1 aliphatic heterocycles. The van der Waals surface area contributed by atoms with Crippen LogP contribution in [0.4, 0.5) is 0 Å². The summed E-state index contributed by atoms with van der Waals surface area (Å²) in [6, 6.07) is 7.22. The Bertz CT molecular complexity index is 665. The molecule has 3 amide bonds. The second-order valence-corrected chi connectivity index (χ2v) is 7.26. The number of rotatable bonds is 5. The molecule has 0 saturated heterocycles. The van der Waals surface area contributed by atoms with Gasteiger partial charge in [-0.3, -0.25) is 19.3 Å². The van der Waals surface area contributed by atoms with Gasteiger partial charge in [0, 0.05) is 19.0 Å². The van der Waals surface area contributed by atoms with Gasteiger partial charge in [0.2, 0.25) is 5.91 Å². The van der Waals surface area contributed by atoms with Gasteiger partial charge in [-0.1, -0.05) is 18.6 Å². The Kier molecular flexibility index (Phi) is 3.87. The number of hydrogen-bond donors (Lipinski definition) is 1. The van der Waals surface area contributed by atoms with Gasteiger partial charge in [-0.2, -0.15) is 0 Å². The predicted octanol–water partition coefficient (Wildman–Crippen LogP) is 2.37. The minimum absolute atomic E-state index is 0.0455. The SMILES string of the molecule is O=C(CCCN1C(=O)c2ccccc2C1=O)N[C@@H]1C[C@H]2CC[C@H]1C2. The molecule has 1 aromatic carbocycles. The summed E-state index contributed by atoms with van der Waals surface area (Å²) in [6.45, 7) is 0.302. The number of carbonyl (C=O) groups excluding carboxylic acids is 3. The molecule has 0 aromatic heterocycles. The van der Waals surface area contributed by atoms with Crippen LogP contribution in [0, 0.1) is 11.8 Å². The van der Waals surface area contributed by atoms with E-state index in [4.69, 9.17) is 0 Å². The van der Waals surface area contributed by atoms with Crippen molar-refractivity contribution in [1.82, 2.24) is 10.2 Å². The van der Waals surface area contributed by atoms with Crippen molar-refractivity contribution in [2.75, 3.05) is 6.54 Å². The van der Waals surface area contributed by atoms with Crippen molar-refractivity contribution in [2.45, 2.75) is 44.6 Å². The van der Waals surface area contributed by atoms with E-state index in [0.29, 0.717) is 42.5 Å². The second kappa shape index (κ2) is 6.04. The number of imide groups is 1. The molecule has 3 atom stereocenters. The fraction of sp³-hybridized carbons (Fsp3) is 0.526. The third-order valence-corrected chi connectivity index (χ3v) is 5.75. The van der Waals surface area contributed by atoms with E-state index in [9.17, 15) is 14.4 Å². The average Bonchev–Trinajstić information content (AvgIpc) is 3.25. The number of carbonyl (C=O) groups is 3. The Hall–Kier alpha value is -2.17. The van der Waals surface area contributed by atoms with Crippen molar-refractivity contribution in [3.63, 3.8) is 0 Å². The molecule has 126 valence electrons. The first kappa shape index (κ1) is 15.4. The first-order valence-corrected chi connectivity index (χ1v) is 8.88. The maximum Gasteiger partial charge on any atom is 0.261 e. The van der Waals surface area contributed by atoms with Crippen LogP contribution in [0.2, 0.25) is 0 Å². The maximum atomic E-state index is 12.3. The summed E-state index contributed by atoms with van der Waals surface area (Å²) in [5.41, 5.74) is 0.933. The standard InChI is InChI=1S/C19H22N2O3/c22-17(20-16-11-12-7-8-13(16)10-12)6-3-9-21-18(23)14-4-1-2-5-15(14)19(21)24/h1-2,4-5,12-13,16H,3,6-11H2,(H,20,22)/t12-,13-,16+/m0/s1. The number of nitrogens with zero attached hydrogens (tertiary/aromatic N) is 1. The van der Waals surface area contributed by atoms with Gasteiger partial charge in [-0.05, 0) is 49.7 Å². The molecule has 0 spiro atoms. The van der Waals surface area contributed by atoms with Crippen LogP contribution in [0.25, 0.3) is 0 Å². The molecular weight excluding hydrogens is 304 g/mol. The maximum absolute atomic E-state index is 12.3. The molecular formula is C19H22N2O3. The fourth-order valence-electron chi connectivity index (χ4n) is 4.54. The zero-order chi connectivity index (χ0) is 16.7. The normalized spacial score (nSPS) is 27.7. The zero-order valence-electron chi connectivity index (χ0n) is 13.7. The molecule has 1 N–H and O–H groups in total. The Morgan fingerprint density at radius 2 is 1.79 bits per heavy atom. The lowest BCUT2D eigenvalue weighted by atomic mass is 9.95. The number of amides is 3. The predicted molar refractivity (Wildman–Crippen MR) is 88.4 cm³/mol. The Morgan fingerprint density at radius 3 is 2.38 bits per heavy atom. The monoisotopic (exact) mass is 326 g/mol. The second-order valence-electron chi connectivity index (χ2n) is 7.26. The Labute approximate surface area is 141 Å². The lowest BCUT2D eigenvalue weighted by Gasteiger charge is -2.23. The van der Waals surface area contributed by atoms with Crippen molar-refractivity contribution < 1.29 is 14.4 Å². The minimum Gasteiger partial charge on any atom is -0.353 e. The number of nitrogens with one attached hydrogen (secondary N) is 1. The van der Waals surface area contributed by atoms with Crippen LogP contribution in [-0.2, 0) is 4.79 Å². The van der Waals surface area contributed by atoms with Crippen molar-refractivity contribution in [1.29, 1.82) is 0 Å². The summed E-state index contributed by atoms with van der Waals surface area (Å²) in [5, 5.41) is 3.15. The van der Waals surface area contributed by atoms with E-state index in [-0.39, 0.29) is 17.7 Å². The first-order chi connectivity index (χ1) is 11.6. The third-order valence-electron chi connectivity index (χ3n) is 5.75. The van der Waals surface area contributed by atoms with Gasteiger partial charge in [-0.15, -0.1) is 0 Å². The summed E-state index contributed by atoms with van der Waals surface area (Å²) in [5.74, 6) is 1.02. The molecule has 3 aliphatic rings. The Morgan fingerprint density at radius 1 is 1.08 bits per heavy atom. The molecule has 1 heterocycles. The van der Waals surface area contributed by atoms with Gasteiger partial charge >= 0.3 is 0 Å². The number of hydrogen-bond acceptors (Lipinski definition) is 3. The van der Waals surface area contributed by atoms with Crippen LogP contribution < -0.4 is 5.32 Å². The largest absolute Gasteiger partial charge is 0.353 e. The molecule has 2 saturated carbocycles. The molecule has 0 radical (unpaired) electrons. The molecule has 24 heavy (non-hydrogen) atoms. The number of benzene rings is 1. The summed E-state index contributed by atoms with van der Waals surface area (Å²) in [7, 11) is 0. The highest BCUT2D eigenvalue weighted by Crippen LogP contribution is 2.44. The summed E-state index contributed by atoms with van der Waals surface area (Å²) in [4.78, 5) is 37.9. The van der Waals surface area contributed by atoms with Crippen LogP contribution in [0.15, 0.2) is 24.3 Å². The van der Waals surface area contributed by atoms with E-state index >= 15 is 0 Å². The van der Waals surface area contributed by atoms with Gasteiger partial charge < -0.3 is 5.32 Å². The molecule has 5 nitrogen and oxygen atoms in total. The van der Waals surface area contributed by atoms with Gasteiger partial charge in [-0.25, -0.2) is 0 Å². The summed E-state index contributed by atoms with van der Waals surface area (Å²) in [6.07, 6.45) is 5.82. The minimum atomic E-state index is -0.246. The first-order valence-electron chi connectivity index (χ1n) is 8.88. The van der Waals surface area contributed by atoms with Crippen LogP contribution in [-0.4, -0.2) is 35.2 Å². The van der Waals surface area contributed by atoms with E-state index < -0.39 is 0 Å². The van der Waals surface area contributed by atoms with Crippen LogP contribution in [0.5, 0.6) is 0 Å². The lowest BCUT2D eigenvalue weighted by molar-refractivity contribution is -0.122. The van der Waals surface area contributed by atoms with E-state index in [1.54, 1.807) is 24.3 Å². The van der Waals surface area contributed by atoms with Crippen molar-refractivity contribution in [3.05, 3.63) is 35.4 Å². The average molecular weight is 326 g/mol. The molecule has 2 fully saturated rings. The molecule has 0 unspecified atom stereocenters. The molecule has 1 aromatic rings. The zero-order valence-corrected chi connectivity index (χ0v) is 13.7. The summed E-state index contributed by atoms with van der Waals surface area (Å²) >= 11 is 0. The van der Waals surface area contributed by atoms with Crippen molar-refractivity contribution >= 4 is 17.7 Å². The highest BCUT2D eigenvalue weighted by atomic mass is 16.2. The molecule has 2 aliphatic carbocycles. The molecule has 5 heteroatoms. The number of fused-ring (bicyclic) bond motifs is 3. The molecule has 2 bridgehead atoms.